The quantitative estimate of drug-likeness (QED) is 0.738. The van der Waals surface area contributed by atoms with Crippen LogP contribution >= 0.6 is 11.3 Å². The molecule has 3 N–H and O–H groups in total. The third-order valence-electron chi connectivity index (χ3n) is 4.21. The molecule has 7 nitrogen and oxygen atoms in total. The molecule has 0 aliphatic heterocycles. The van der Waals surface area contributed by atoms with Crippen LogP contribution in [0.4, 0.5) is 4.79 Å². The Morgan fingerprint density at radius 3 is 3.17 bits per heavy atom. The summed E-state index contributed by atoms with van der Waals surface area (Å²) >= 11 is 1.62. The summed E-state index contributed by atoms with van der Waals surface area (Å²) in [5.41, 5.74) is 3.21. The standard InChI is InChI=1S/C16H23N5O2S/c1-11-19-12(10-24-11)5-6-17-16(23)20-14-3-2-4-15-13(14)9-18-21(15)7-8-22/h9-10,14,22H,2-8H2,1H3,(H2,17,20,23)/t14-/m0/s1. The number of fused-ring (bicyclic) bond motifs is 1. The van der Waals surface area contributed by atoms with E-state index in [2.05, 4.69) is 20.7 Å². The Morgan fingerprint density at radius 1 is 1.54 bits per heavy atom. The lowest BCUT2D eigenvalue weighted by atomic mass is 9.93. The average Bonchev–Trinajstić information content (AvgIpc) is 3.15. The maximum absolute atomic E-state index is 12.1. The van der Waals surface area contributed by atoms with Gasteiger partial charge in [-0.25, -0.2) is 9.78 Å². The summed E-state index contributed by atoms with van der Waals surface area (Å²) in [5.74, 6) is 0. The fourth-order valence-corrected chi connectivity index (χ4v) is 3.74. The summed E-state index contributed by atoms with van der Waals surface area (Å²) in [6.45, 7) is 3.12. The zero-order chi connectivity index (χ0) is 16.9. The van der Waals surface area contributed by atoms with Gasteiger partial charge in [0.1, 0.15) is 0 Å². The number of carbonyl (C=O) groups excluding carboxylic acids is 1. The number of hydrogen-bond acceptors (Lipinski definition) is 5. The molecule has 130 valence electrons. The van der Waals surface area contributed by atoms with Crippen LogP contribution in [0.5, 0.6) is 0 Å². The molecule has 0 fully saturated rings. The highest BCUT2D eigenvalue weighted by atomic mass is 32.1. The van der Waals surface area contributed by atoms with E-state index in [-0.39, 0.29) is 18.7 Å². The van der Waals surface area contributed by atoms with Crippen molar-refractivity contribution >= 4 is 17.4 Å². The number of aliphatic hydroxyl groups is 1. The molecule has 1 atom stereocenters. The van der Waals surface area contributed by atoms with Gasteiger partial charge in [-0.05, 0) is 26.2 Å². The van der Waals surface area contributed by atoms with Crippen molar-refractivity contribution in [3.63, 3.8) is 0 Å². The molecule has 3 rings (SSSR count). The van der Waals surface area contributed by atoms with Crippen LogP contribution in [0.3, 0.4) is 0 Å². The molecule has 1 aliphatic carbocycles. The molecule has 1 aliphatic rings. The molecule has 2 aromatic rings. The van der Waals surface area contributed by atoms with Gasteiger partial charge in [0.05, 0.1) is 36.1 Å². The number of urea groups is 1. The van der Waals surface area contributed by atoms with Gasteiger partial charge < -0.3 is 15.7 Å². The van der Waals surface area contributed by atoms with E-state index < -0.39 is 0 Å². The van der Waals surface area contributed by atoms with Crippen molar-refractivity contribution in [2.75, 3.05) is 13.2 Å². The van der Waals surface area contributed by atoms with Gasteiger partial charge in [0, 0.05) is 29.6 Å². The third-order valence-corrected chi connectivity index (χ3v) is 5.04. The van der Waals surface area contributed by atoms with Gasteiger partial charge >= 0.3 is 6.03 Å². The number of aryl methyl sites for hydroxylation is 1. The summed E-state index contributed by atoms with van der Waals surface area (Å²) in [5, 5.41) is 22.4. The van der Waals surface area contributed by atoms with E-state index >= 15 is 0 Å². The van der Waals surface area contributed by atoms with E-state index in [1.165, 1.54) is 0 Å². The van der Waals surface area contributed by atoms with Crippen LogP contribution < -0.4 is 10.6 Å². The summed E-state index contributed by atoms with van der Waals surface area (Å²) in [4.78, 5) is 16.5. The van der Waals surface area contributed by atoms with Crippen LogP contribution in [-0.2, 0) is 19.4 Å². The highest BCUT2D eigenvalue weighted by molar-refractivity contribution is 7.09. The minimum atomic E-state index is -0.158. The minimum Gasteiger partial charge on any atom is -0.394 e. The SMILES string of the molecule is Cc1nc(CCNC(=O)N[C@H]2CCCc3c2cnn3CCO)cs1. The molecule has 0 spiro atoms. The van der Waals surface area contributed by atoms with Crippen LogP contribution in [0.25, 0.3) is 0 Å². The molecule has 8 heteroatoms. The largest absolute Gasteiger partial charge is 0.394 e. The fourth-order valence-electron chi connectivity index (χ4n) is 3.09. The highest BCUT2D eigenvalue weighted by Crippen LogP contribution is 2.29. The second-order valence-electron chi connectivity index (χ2n) is 5.95. The molecule has 2 amide bonds. The van der Waals surface area contributed by atoms with Crippen molar-refractivity contribution in [2.24, 2.45) is 0 Å². The Hall–Kier alpha value is -1.93. The first-order valence-electron chi connectivity index (χ1n) is 8.28. The van der Waals surface area contributed by atoms with Crippen molar-refractivity contribution in [1.82, 2.24) is 25.4 Å². The number of aliphatic hydroxyl groups excluding tert-OH is 1. The molecule has 2 aromatic heterocycles. The highest BCUT2D eigenvalue weighted by Gasteiger charge is 2.25. The Balaban J connectivity index is 1.52. The van der Waals surface area contributed by atoms with Gasteiger partial charge in [-0.3, -0.25) is 4.68 Å². The number of hydrogen-bond donors (Lipinski definition) is 3. The zero-order valence-corrected chi connectivity index (χ0v) is 14.6. The first-order chi connectivity index (χ1) is 11.7. The van der Waals surface area contributed by atoms with E-state index in [0.717, 1.165) is 47.6 Å². The second kappa shape index (κ2) is 7.76. The third kappa shape index (κ3) is 3.93. The average molecular weight is 349 g/mol. The van der Waals surface area contributed by atoms with E-state index in [0.29, 0.717) is 13.1 Å². The summed E-state index contributed by atoms with van der Waals surface area (Å²) < 4.78 is 1.84. The van der Waals surface area contributed by atoms with E-state index in [1.54, 1.807) is 11.3 Å². The summed E-state index contributed by atoms with van der Waals surface area (Å²) in [7, 11) is 0. The first kappa shape index (κ1) is 16.9. The smallest absolute Gasteiger partial charge is 0.315 e. The van der Waals surface area contributed by atoms with Crippen molar-refractivity contribution in [2.45, 2.75) is 45.2 Å². The predicted octanol–water partition coefficient (Wildman–Crippen LogP) is 1.56. The Morgan fingerprint density at radius 2 is 2.42 bits per heavy atom. The second-order valence-corrected chi connectivity index (χ2v) is 7.01. The molecular weight excluding hydrogens is 326 g/mol. The number of amides is 2. The molecule has 0 saturated heterocycles. The molecule has 0 unspecified atom stereocenters. The monoisotopic (exact) mass is 349 g/mol. The Labute approximate surface area is 145 Å². The lowest BCUT2D eigenvalue weighted by molar-refractivity contribution is 0.235. The lowest BCUT2D eigenvalue weighted by Gasteiger charge is -2.24. The molecule has 24 heavy (non-hydrogen) atoms. The van der Waals surface area contributed by atoms with Gasteiger partial charge in [-0.2, -0.15) is 5.10 Å². The van der Waals surface area contributed by atoms with Crippen molar-refractivity contribution in [3.05, 3.63) is 33.5 Å². The molecule has 2 heterocycles. The van der Waals surface area contributed by atoms with E-state index in [9.17, 15) is 4.79 Å². The molecule has 0 saturated carbocycles. The summed E-state index contributed by atoms with van der Waals surface area (Å²) in [6, 6.07) is -0.169. The normalized spacial score (nSPS) is 16.7. The van der Waals surface area contributed by atoms with Crippen molar-refractivity contribution in [3.8, 4) is 0 Å². The summed E-state index contributed by atoms with van der Waals surface area (Å²) in [6.07, 6.45) is 5.41. The number of aromatic nitrogens is 3. The topological polar surface area (TPSA) is 92.1 Å². The Kier molecular flexibility index (Phi) is 5.47. The van der Waals surface area contributed by atoms with Gasteiger partial charge in [-0.1, -0.05) is 0 Å². The number of thiazole rings is 1. The van der Waals surface area contributed by atoms with Crippen LogP contribution in [0, 0.1) is 6.92 Å². The van der Waals surface area contributed by atoms with Crippen LogP contribution in [-0.4, -0.2) is 39.1 Å². The van der Waals surface area contributed by atoms with Gasteiger partial charge in [0.2, 0.25) is 0 Å². The van der Waals surface area contributed by atoms with Crippen molar-refractivity contribution < 1.29 is 9.90 Å². The first-order valence-corrected chi connectivity index (χ1v) is 9.16. The predicted molar refractivity (Wildman–Crippen MR) is 92.1 cm³/mol. The maximum Gasteiger partial charge on any atom is 0.315 e. The maximum atomic E-state index is 12.1. The van der Waals surface area contributed by atoms with Crippen molar-refractivity contribution in [1.29, 1.82) is 0 Å². The lowest BCUT2D eigenvalue weighted by Crippen LogP contribution is -2.39. The number of carbonyl (C=O) groups is 1. The minimum absolute atomic E-state index is 0.0114. The van der Waals surface area contributed by atoms with Crippen LogP contribution in [0.15, 0.2) is 11.6 Å². The van der Waals surface area contributed by atoms with E-state index in [1.807, 2.05) is 23.2 Å². The van der Waals surface area contributed by atoms with Crippen LogP contribution in [0.1, 0.15) is 40.8 Å². The molecule has 0 radical (unpaired) electrons. The number of nitrogens with zero attached hydrogens (tertiary/aromatic N) is 3. The number of nitrogens with one attached hydrogen (secondary N) is 2. The zero-order valence-electron chi connectivity index (χ0n) is 13.8. The Bertz CT molecular complexity index is 696. The fraction of sp³-hybridized carbons (Fsp3) is 0.562. The molecule has 0 bridgehead atoms. The van der Waals surface area contributed by atoms with Crippen LogP contribution in [0.2, 0.25) is 0 Å². The molecular formula is C16H23N5O2S. The number of rotatable bonds is 6. The van der Waals surface area contributed by atoms with Gasteiger partial charge in [0.25, 0.3) is 0 Å². The molecule has 0 aromatic carbocycles. The van der Waals surface area contributed by atoms with Gasteiger partial charge in [0.15, 0.2) is 0 Å². The van der Waals surface area contributed by atoms with Gasteiger partial charge in [-0.15, -0.1) is 11.3 Å². The van der Waals surface area contributed by atoms with E-state index in [4.69, 9.17) is 5.11 Å².